The van der Waals surface area contributed by atoms with Crippen molar-refractivity contribution in [2.24, 2.45) is 5.10 Å². The summed E-state index contributed by atoms with van der Waals surface area (Å²) in [5.74, 6) is 0.473. The van der Waals surface area contributed by atoms with Crippen molar-refractivity contribution >= 4 is 28.1 Å². The zero-order valence-electron chi connectivity index (χ0n) is 12.3. The number of anilines is 1. The largest absolute Gasteiger partial charge is 0.277 e. The zero-order valence-corrected chi connectivity index (χ0v) is 13.0. The van der Waals surface area contributed by atoms with Crippen LogP contribution in [0.15, 0.2) is 53.6 Å². The van der Waals surface area contributed by atoms with Gasteiger partial charge < -0.3 is 0 Å². The van der Waals surface area contributed by atoms with Crippen molar-refractivity contribution in [1.82, 2.24) is 0 Å². The molecule has 6 heteroatoms. The number of nitro benzene ring substituents is 1. The number of nitro groups is 1. The highest BCUT2D eigenvalue weighted by molar-refractivity contribution is 6.69. The number of hydrogen-bond acceptors (Lipinski definition) is 4. The van der Waals surface area contributed by atoms with E-state index in [0.29, 0.717) is 11.5 Å². The average molecular weight is 318 g/mol. The van der Waals surface area contributed by atoms with Gasteiger partial charge in [0.15, 0.2) is 5.17 Å². The van der Waals surface area contributed by atoms with Crippen molar-refractivity contribution in [3.05, 3.63) is 69.8 Å². The van der Waals surface area contributed by atoms with Gasteiger partial charge in [-0.2, -0.15) is 5.10 Å². The van der Waals surface area contributed by atoms with Crippen molar-refractivity contribution in [3.8, 4) is 0 Å². The summed E-state index contributed by atoms with van der Waals surface area (Å²) in [5, 5.41) is 14.9. The minimum absolute atomic E-state index is 0.0189. The standard InChI is InChI=1S/C16H16ClN3O2/c1-11(2)12-3-7-14(8-4-12)18-19-16(17)13-5-9-15(10-6-13)20(21)22/h3-11,18H,1-2H3. The molecule has 0 heterocycles. The molecule has 2 aromatic rings. The fraction of sp³-hybridized carbons (Fsp3) is 0.188. The molecule has 0 bridgehead atoms. The van der Waals surface area contributed by atoms with Crippen molar-refractivity contribution in [2.75, 3.05) is 5.43 Å². The van der Waals surface area contributed by atoms with Gasteiger partial charge in [-0.1, -0.05) is 37.6 Å². The van der Waals surface area contributed by atoms with E-state index in [9.17, 15) is 10.1 Å². The number of hydrazone groups is 1. The van der Waals surface area contributed by atoms with Crippen LogP contribution in [0.4, 0.5) is 11.4 Å². The molecule has 0 aromatic heterocycles. The molecule has 0 unspecified atom stereocenters. The molecule has 0 spiro atoms. The van der Waals surface area contributed by atoms with Crippen LogP contribution >= 0.6 is 11.6 Å². The number of nitrogens with one attached hydrogen (secondary N) is 1. The molecule has 0 atom stereocenters. The molecule has 0 aliphatic heterocycles. The van der Waals surface area contributed by atoms with E-state index in [1.165, 1.54) is 17.7 Å². The second-order valence-electron chi connectivity index (χ2n) is 5.10. The molecule has 1 N–H and O–H groups in total. The SMILES string of the molecule is CC(C)c1ccc(NN=C(Cl)c2ccc([N+](=O)[O-])cc2)cc1. The molecule has 0 aliphatic rings. The smallest absolute Gasteiger partial charge is 0.269 e. The quantitative estimate of drug-likeness (QED) is 0.492. The number of hydrogen-bond donors (Lipinski definition) is 1. The van der Waals surface area contributed by atoms with Crippen LogP contribution in [-0.2, 0) is 0 Å². The van der Waals surface area contributed by atoms with Gasteiger partial charge in [-0.25, -0.2) is 0 Å². The lowest BCUT2D eigenvalue weighted by Crippen LogP contribution is -1.98. The van der Waals surface area contributed by atoms with Gasteiger partial charge in [0.2, 0.25) is 0 Å². The fourth-order valence-corrected chi connectivity index (χ4v) is 2.01. The van der Waals surface area contributed by atoms with Gasteiger partial charge >= 0.3 is 0 Å². The van der Waals surface area contributed by atoms with Gasteiger partial charge in [-0.3, -0.25) is 15.5 Å². The molecule has 0 radical (unpaired) electrons. The minimum atomic E-state index is -0.455. The lowest BCUT2D eigenvalue weighted by atomic mass is 10.0. The first-order valence-corrected chi connectivity index (χ1v) is 7.19. The minimum Gasteiger partial charge on any atom is -0.277 e. The molecule has 22 heavy (non-hydrogen) atoms. The van der Waals surface area contributed by atoms with Crippen LogP contribution in [-0.4, -0.2) is 10.1 Å². The summed E-state index contributed by atoms with van der Waals surface area (Å²) in [6.45, 7) is 4.26. The van der Waals surface area contributed by atoms with Crippen LogP contribution in [0.1, 0.15) is 30.9 Å². The van der Waals surface area contributed by atoms with Crippen LogP contribution in [0.25, 0.3) is 0 Å². The van der Waals surface area contributed by atoms with Crippen LogP contribution < -0.4 is 5.43 Å². The molecule has 0 amide bonds. The first-order valence-electron chi connectivity index (χ1n) is 6.81. The topological polar surface area (TPSA) is 67.5 Å². The zero-order chi connectivity index (χ0) is 16.1. The third-order valence-electron chi connectivity index (χ3n) is 3.18. The van der Waals surface area contributed by atoms with E-state index in [0.717, 1.165) is 5.69 Å². The van der Waals surface area contributed by atoms with Crippen LogP contribution in [0, 0.1) is 10.1 Å². The summed E-state index contributed by atoms with van der Waals surface area (Å²) < 4.78 is 0. The maximum Gasteiger partial charge on any atom is 0.269 e. The van der Waals surface area contributed by atoms with Crippen LogP contribution in [0.5, 0.6) is 0 Å². The van der Waals surface area contributed by atoms with Crippen molar-refractivity contribution in [3.63, 3.8) is 0 Å². The monoisotopic (exact) mass is 317 g/mol. The molecular formula is C16H16ClN3O2. The van der Waals surface area contributed by atoms with Crippen LogP contribution in [0.2, 0.25) is 0 Å². The highest BCUT2D eigenvalue weighted by atomic mass is 35.5. The van der Waals surface area contributed by atoms with E-state index < -0.39 is 4.92 Å². The Labute approximate surface area is 133 Å². The van der Waals surface area contributed by atoms with Gasteiger partial charge in [-0.05, 0) is 35.7 Å². The van der Waals surface area contributed by atoms with Crippen molar-refractivity contribution in [1.29, 1.82) is 0 Å². The Bertz CT molecular complexity index is 680. The third-order valence-corrected chi connectivity index (χ3v) is 3.48. The van der Waals surface area contributed by atoms with Gasteiger partial charge in [0.25, 0.3) is 5.69 Å². The summed E-state index contributed by atoms with van der Waals surface area (Å²) in [7, 11) is 0. The van der Waals surface area contributed by atoms with E-state index in [4.69, 9.17) is 11.6 Å². The summed E-state index contributed by atoms with van der Waals surface area (Å²) in [6.07, 6.45) is 0. The molecule has 114 valence electrons. The van der Waals surface area contributed by atoms with Crippen molar-refractivity contribution in [2.45, 2.75) is 19.8 Å². The molecule has 0 saturated heterocycles. The maximum atomic E-state index is 10.6. The van der Waals surface area contributed by atoms with Crippen LogP contribution in [0.3, 0.4) is 0 Å². The van der Waals surface area contributed by atoms with Gasteiger partial charge in [0, 0.05) is 17.7 Å². The van der Waals surface area contributed by atoms with Gasteiger partial charge in [-0.15, -0.1) is 0 Å². The predicted octanol–water partition coefficient (Wildman–Crippen LogP) is 4.73. The van der Waals surface area contributed by atoms with Crippen molar-refractivity contribution < 1.29 is 4.92 Å². The molecule has 2 rings (SSSR count). The number of nitrogens with zero attached hydrogens (tertiary/aromatic N) is 2. The third kappa shape index (κ3) is 4.05. The number of rotatable bonds is 5. The molecule has 0 fully saturated rings. The summed E-state index contributed by atoms with van der Waals surface area (Å²) in [5.41, 5.74) is 5.57. The number of non-ortho nitro benzene ring substituents is 1. The molecule has 0 aliphatic carbocycles. The summed E-state index contributed by atoms with van der Waals surface area (Å²) in [4.78, 5) is 10.1. The van der Waals surface area contributed by atoms with E-state index in [1.54, 1.807) is 12.1 Å². The van der Waals surface area contributed by atoms with E-state index in [2.05, 4.69) is 24.4 Å². The number of benzene rings is 2. The maximum absolute atomic E-state index is 10.6. The summed E-state index contributed by atoms with van der Waals surface area (Å²) in [6, 6.07) is 13.8. The Morgan fingerprint density at radius 2 is 1.73 bits per heavy atom. The normalized spacial score (nSPS) is 11.5. The molecule has 5 nitrogen and oxygen atoms in total. The lowest BCUT2D eigenvalue weighted by molar-refractivity contribution is -0.384. The fourth-order valence-electron chi connectivity index (χ4n) is 1.84. The Kier molecular flexibility index (Phi) is 5.12. The van der Waals surface area contributed by atoms with Gasteiger partial charge in [0.1, 0.15) is 0 Å². The second kappa shape index (κ2) is 7.04. The van der Waals surface area contributed by atoms with Gasteiger partial charge in [0.05, 0.1) is 10.6 Å². The second-order valence-corrected chi connectivity index (χ2v) is 5.45. The molecule has 2 aromatic carbocycles. The van der Waals surface area contributed by atoms with E-state index in [-0.39, 0.29) is 10.9 Å². The highest BCUT2D eigenvalue weighted by Crippen LogP contribution is 2.18. The Balaban J connectivity index is 2.07. The first kappa shape index (κ1) is 16.0. The Hall–Kier alpha value is -2.40. The van der Waals surface area contributed by atoms with E-state index in [1.807, 2.05) is 24.3 Å². The predicted molar refractivity (Wildman–Crippen MR) is 89.6 cm³/mol. The Morgan fingerprint density at radius 3 is 2.23 bits per heavy atom. The highest BCUT2D eigenvalue weighted by Gasteiger charge is 2.06. The number of halogens is 1. The Morgan fingerprint density at radius 1 is 1.14 bits per heavy atom. The first-order chi connectivity index (χ1) is 10.5. The lowest BCUT2D eigenvalue weighted by Gasteiger charge is -2.06. The molecular weight excluding hydrogens is 302 g/mol. The van der Waals surface area contributed by atoms with E-state index >= 15 is 0 Å². The molecule has 0 saturated carbocycles. The summed E-state index contributed by atoms with van der Waals surface area (Å²) >= 11 is 6.09. The average Bonchev–Trinajstić information content (AvgIpc) is 2.53.